The van der Waals surface area contributed by atoms with Crippen molar-refractivity contribution in [2.45, 2.75) is 11.4 Å². The Morgan fingerprint density at radius 3 is 2.88 bits per heavy atom. The summed E-state index contributed by atoms with van der Waals surface area (Å²) in [7, 11) is -3.86. The molecule has 3 rings (SSSR count). The van der Waals surface area contributed by atoms with Crippen LogP contribution in [0.1, 0.15) is 11.1 Å². The Balaban J connectivity index is 1.77. The van der Waals surface area contributed by atoms with Crippen molar-refractivity contribution in [3.63, 3.8) is 0 Å². The molecule has 9 heteroatoms. The maximum absolute atomic E-state index is 12.3. The van der Waals surface area contributed by atoms with Crippen LogP contribution in [0.4, 0.5) is 5.95 Å². The second-order valence-electron chi connectivity index (χ2n) is 4.87. The van der Waals surface area contributed by atoms with Crippen LogP contribution >= 0.6 is 0 Å². The summed E-state index contributed by atoms with van der Waals surface area (Å²) in [6.45, 7) is 0.423. The minimum atomic E-state index is -3.86. The lowest BCUT2D eigenvalue weighted by atomic mass is 10.2. The van der Waals surface area contributed by atoms with E-state index in [1.54, 1.807) is 18.5 Å². The molecule has 0 fully saturated rings. The second-order valence-corrected chi connectivity index (χ2v) is 6.55. The monoisotopic (exact) mass is 340 g/mol. The van der Waals surface area contributed by atoms with Gasteiger partial charge in [-0.15, -0.1) is 5.10 Å². The van der Waals surface area contributed by atoms with Crippen molar-refractivity contribution < 1.29 is 8.42 Å². The van der Waals surface area contributed by atoms with Crippen LogP contribution in [0.15, 0.2) is 60.0 Å². The van der Waals surface area contributed by atoms with Crippen molar-refractivity contribution in [3.8, 4) is 6.07 Å². The predicted molar refractivity (Wildman–Crippen MR) is 85.3 cm³/mol. The zero-order valence-electron chi connectivity index (χ0n) is 12.4. The molecule has 0 bridgehead atoms. The average Bonchev–Trinajstić information content (AvgIpc) is 3.02. The second kappa shape index (κ2) is 6.47. The molecule has 0 aliphatic rings. The zero-order valence-corrected chi connectivity index (χ0v) is 13.2. The highest BCUT2D eigenvalue weighted by Crippen LogP contribution is 2.14. The molecular formula is C15H12N6O2S. The maximum atomic E-state index is 12.3. The molecule has 0 unspecified atom stereocenters. The van der Waals surface area contributed by atoms with Crippen molar-refractivity contribution in [1.29, 1.82) is 5.26 Å². The number of anilines is 1. The van der Waals surface area contributed by atoms with E-state index in [0.717, 1.165) is 5.56 Å². The first kappa shape index (κ1) is 15.6. The van der Waals surface area contributed by atoms with Crippen molar-refractivity contribution in [2.75, 3.05) is 4.72 Å². The lowest BCUT2D eigenvalue weighted by molar-refractivity contribution is 0.600. The third-order valence-electron chi connectivity index (χ3n) is 3.10. The Hall–Kier alpha value is -3.25. The van der Waals surface area contributed by atoms with Gasteiger partial charge in [-0.05, 0) is 29.8 Å². The van der Waals surface area contributed by atoms with Gasteiger partial charge in [-0.2, -0.15) is 10.2 Å². The number of aromatic nitrogens is 4. The van der Waals surface area contributed by atoms with E-state index in [1.165, 1.54) is 35.3 Å². The number of nitrogens with one attached hydrogen (secondary N) is 1. The minimum absolute atomic E-state index is 0.0230. The summed E-state index contributed by atoms with van der Waals surface area (Å²) in [5.74, 6) is -0.0405. The molecule has 24 heavy (non-hydrogen) atoms. The molecule has 2 aromatic heterocycles. The largest absolute Gasteiger partial charge is 0.264 e. The van der Waals surface area contributed by atoms with Gasteiger partial charge < -0.3 is 0 Å². The highest BCUT2D eigenvalue weighted by molar-refractivity contribution is 7.92. The Morgan fingerprint density at radius 2 is 2.12 bits per heavy atom. The fourth-order valence-corrected chi connectivity index (χ4v) is 3.00. The molecule has 120 valence electrons. The van der Waals surface area contributed by atoms with E-state index in [2.05, 4.69) is 19.8 Å². The number of sulfonamides is 1. The van der Waals surface area contributed by atoms with E-state index in [0.29, 0.717) is 6.54 Å². The van der Waals surface area contributed by atoms with Crippen molar-refractivity contribution in [3.05, 3.63) is 66.2 Å². The van der Waals surface area contributed by atoms with Crippen molar-refractivity contribution in [2.24, 2.45) is 0 Å². The van der Waals surface area contributed by atoms with Crippen LogP contribution in [0.2, 0.25) is 0 Å². The molecule has 0 saturated carbocycles. The summed E-state index contributed by atoms with van der Waals surface area (Å²) >= 11 is 0. The molecule has 1 aromatic carbocycles. The van der Waals surface area contributed by atoms with Crippen LogP contribution in [0, 0.1) is 11.3 Å². The SMILES string of the molecule is N#Cc1cccc(S(=O)(=O)Nc2ncn(Cc3cccnc3)n2)c1. The van der Waals surface area contributed by atoms with Gasteiger partial charge in [-0.25, -0.2) is 17.8 Å². The summed E-state index contributed by atoms with van der Waals surface area (Å²) in [4.78, 5) is 7.92. The van der Waals surface area contributed by atoms with E-state index < -0.39 is 10.0 Å². The third kappa shape index (κ3) is 3.56. The number of pyridine rings is 1. The molecule has 1 N–H and O–H groups in total. The van der Waals surface area contributed by atoms with E-state index in [9.17, 15) is 8.42 Å². The fourth-order valence-electron chi connectivity index (χ4n) is 2.01. The average molecular weight is 340 g/mol. The van der Waals surface area contributed by atoms with Gasteiger partial charge in [-0.3, -0.25) is 4.98 Å². The van der Waals surface area contributed by atoms with E-state index in [-0.39, 0.29) is 16.4 Å². The standard InChI is InChI=1S/C15H12N6O2S/c16-8-12-3-1-5-14(7-12)24(22,23)20-15-18-11-21(19-15)10-13-4-2-6-17-9-13/h1-7,9,11H,10H2,(H,19,20). The van der Waals surface area contributed by atoms with Gasteiger partial charge in [0.2, 0.25) is 0 Å². The van der Waals surface area contributed by atoms with E-state index in [4.69, 9.17) is 5.26 Å². The number of nitriles is 1. The Bertz CT molecular complexity index is 992. The molecule has 3 aromatic rings. The van der Waals surface area contributed by atoms with Gasteiger partial charge in [0.1, 0.15) is 6.33 Å². The predicted octanol–water partition coefficient (Wildman–Crippen LogP) is 1.39. The summed E-state index contributed by atoms with van der Waals surface area (Å²) in [6.07, 6.45) is 4.79. The van der Waals surface area contributed by atoms with Gasteiger partial charge in [0.25, 0.3) is 16.0 Å². The Morgan fingerprint density at radius 1 is 1.25 bits per heavy atom. The number of nitrogens with zero attached hydrogens (tertiary/aromatic N) is 5. The molecule has 0 atom stereocenters. The molecule has 0 aliphatic carbocycles. The number of hydrogen-bond acceptors (Lipinski definition) is 6. The number of benzene rings is 1. The van der Waals surface area contributed by atoms with Crippen LogP contribution in [-0.2, 0) is 16.6 Å². The highest BCUT2D eigenvalue weighted by atomic mass is 32.2. The van der Waals surface area contributed by atoms with E-state index in [1.807, 2.05) is 12.1 Å². The summed E-state index contributed by atoms with van der Waals surface area (Å²) in [6, 6.07) is 11.3. The van der Waals surface area contributed by atoms with Gasteiger partial charge in [0.15, 0.2) is 0 Å². The molecule has 0 spiro atoms. The Labute approximate surface area is 138 Å². The number of hydrogen-bond donors (Lipinski definition) is 1. The first-order valence-corrected chi connectivity index (χ1v) is 8.36. The van der Waals surface area contributed by atoms with Crippen LogP contribution < -0.4 is 4.72 Å². The zero-order chi connectivity index (χ0) is 17.0. The Kier molecular flexibility index (Phi) is 4.22. The first-order valence-electron chi connectivity index (χ1n) is 6.88. The summed E-state index contributed by atoms with van der Waals surface area (Å²) in [5.41, 5.74) is 1.17. The fraction of sp³-hybridized carbons (Fsp3) is 0.0667. The number of rotatable bonds is 5. The van der Waals surface area contributed by atoms with Gasteiger partial charge in [0.05, 0.1) is 23.1 Å². The molecule has 8 nitrogen and oxygen atoms in total. The lowest BCUT2D eigenvalue weighted by Crippen LogP contribution is -2.14. The van der Waals surface area contributed by atoms with Crippen LogP contribution in [0.5, 0.6) is 0 Å². The molecule has 0 amide bonds. The maximum Gasteiger partial charge on any atom is 0.264 e. The molecular weight excluding hydrogens is 328 g/mol. The molecule has 0 aliphatic heterocycles. The first-order chi connectivity index (χ1) is 11.6. The minimum Gasteiger partial charge on any atom is -0.264 e. The van der Waals surface area contributed by atoms with Gasteiger partial charge in [0, 0.05) is 12.4 Å². The van der Waals surface area contributed by atoms with Crippen LogP contribution in [0.3, 0.4) is 0 Å². The van der Waals surface area contributed by atoms with E-state index >= 15 is 0 Å². The smallest absolute Gasteiger partial charge is 0.264 e. The lowest BCUT2D eigenvalue weighted by Gasteiger charge is -2.04. The van der Waals surface area contributed by atoms with Crippen molar-refractivity contribution >= 4 is 16.0 Å². The molecule has 0 saturated heterocycles. The quantitative estimate of drug-likeness (QED) is 0.751. The van der Waals surface area contributed by atoms with Crippen LogP contribution in [-0.4, -0.2) is 28.2 Å². The third-order valence-corrected chi connectivity index (χ3v) is 4.43. The highest BCUT2D eigenvalue weighted by Gasteiger charge is 2.17. The summed E-state index contributed by atoms with van der Waals surface area (Å²) < 4.78 is 28.4. The molecule has 2 heterocycles. The van der Waals surface area contributed by atoms with Gasteiger partial charge in [-0.1, -0.05) is 12.1 Å². The van der Waals surface area contributed by atoms with Gasteiger partial charge >= 0.3 is 0 Å². The normalized spacial score (nSPS) is 11.0. The van der Waals surface area contributed by atoms with Crippen molar-refractivity contribution in [1.82, 2.24) is 19.7 Å². The molecule has 0 radical (unpaired) electrons. The summed E-state index contributed by atoms with van der Waals surface area (Å²) in [5, 5.41) is 12.9. The topological polar surface area (TPSA) is 114 Å². The van der Waals surface area contributed by atoms with Crippen LogP contribution in [0.25, 0.3) is 0 Å².